The number of hydrogen-bond donors (Lipinski definition) is 0. The molecule has 0 aliphatic heterocycles. The molecule has 0 fully saturated rings. The number of para-hydroxylation sites is 1. The SMILES string of the molecule is O=[N+]([O-])c1ccccc1-c1cncc(-c2ncccc2[N+](=O)[O-])c1. The lowest BCUT2D eigenvalue weighted by Gasteiger charge is -2.06. The first-order valence-corrected chi connectivity index (χ1v) is 6.86. The molecule has 8 nitrogen and oxygen atoms in total. The van der Waals surface area contributed by atoms with Crippen LogP contribution >= 0.6 is 0 Å². The lowest BCUT2D eigenvalue weighted by Crippen LogP contribution is -1.96. The smallest absolute Gasteiger partial charge is 0.263 e. The molecule has 118 valence electrons. The van der Waals surface area contributed by atoms with Gasteiger partial charge in [0, 0.05) is 41.9 Å². The van der Waals surface area contributed by atoms with Gasteiger partial charge in [-0.2, -0.15) is 0 Å². The Morgan fingerprint density at radius 3 is 2.25 bits per heavy atom. The second-order valence-corrected chi connectivity index (χ2v) is 4.86. The minimum Gasteiger partial charge on any atom is -0.263 e. The van der Waals surface area contributed by atoms with Gasteiger partial charge in [0.25, 0.3) is 11.4 Å². The Bertz CT molecular complexity index is 870. The van der Waals surface area contributed by atoms with E-state index in [4.69, 9.17) is 0 Å². The van der Waals surface area contributed by atoms with Crippen LogP contribution in [0.3, 0.4) is 0 Å². The molecule has 0 saturated heterocycles. The first-order valence-electron chi connectivity index (χ1n) is 6.86. The van der Waals surface area contributed by atoms with Crippen LogP contribution in [0.5, 0.6) is 0 Å². The third-order valence-corrected chi connectivity index (χ3v) is 3.41. The molecule has 0 atom stereocenters. The van der Waals surface area contributed by atoms with Gasteiger partial charge in [-0.1, -0.05) is 12.1 Å². The zero-order chi connectivity index (χ0) is 17.1. The monoisotopic (exact) mass is 322 g/mol. The van der Waals surface area contributed by atoms with Crippen LogP contribution in [-0.2, 0) is 0 Å². The topological polar surface area (TPSA) is 112 Å². The molecule has 1 aromatic carbocycles. The Morgan fingerprint density at radius 2 is 1.50 bits per heavy atom. The predicted octanol–water partition coefficient (Wildman–Crippen LogP) is 3.63. The summed E-state index contributed by atoms with van der Waals surface area (Å²) in [4.78, 5) is 29.4. The predicted molar refractivity (Wildman–Crippen MR) is 86.2 cm³/mol. The number of hydrogen-bond acceptors (Lipinski definition) is 6. The fraction of sp³-hybridized carbons (Fsp3) is 0. The fourth-order valence-electron chi connectivity index (χ4n) is 2.36. The number of benzene rings is 1. The molecule has 3 rings (SSSR count). The molecule has 0 aliphatic carbocycles. The summed E-state index contributed by atoms with van der Waals surface area (Å²) >= 11 is 0. The summed E-state index contributed by atoms with van der Waals surface area (Å²) < 4.78 is 0. The van der Waals surface area contributed by atoms with E-state index in [0.29, 0.717) is 16.7 Å². The van der Waals surface area contributed by atoms with Crippen molar-refractivity contribution in [1.82, 2.24) is 9.97 Å². The van der Waals surface area contributed by atoms with E-state index in [2.05, 4.69) is 9.97 Å². The minimum absolute atomic E-state index is 0.0630. The van der Waals surface area contributed by atoms with Crippen molar-refractivity contribution in [3.8, 4) is 22.4 Å². The summed E-state index contributed by atoms with van der Waals surface area (Å²) in [6, 6.07) is 10.7. The van der Waals surface area contributed by atoms with Crippen molar-refractivity contribution in [2.75, 3.05) is 0 Å². The van der Waals surface area contributed by atoms with Crippen LogP contribution in [0.15, 0.2) is 61.1 Å². The zero-order valence-corrected chi connectivity index (χ0v) is 12.2. The van der Waals surface area contributed by atoms with Crippen LogP contribution in [0.1, 0.15) is 0 Å². The van der Waals surface area contributed by atoms with E-state index in [1.165, 1.54) is 36.8 Å². The van der Waals surface area contributed by atoms with E-state index in [0.717, 1.165) is 0 Å². The maximum atomic E-state index is 11.2. The number of pyridine rings is 2. The minimum atomic E-state index is -0.528. The van der Waals surface area contributed by atoms with Gasteiger partial charge in [0.05, 0.1) is 15.4 Å². The highest BCUT2D eigenvalue weighted by Crippen LogP contribution is 2.33. The summed E-state index contributed by atoms with van der Waals surface area (Å²) in [6.07, 6.45) is 4.36. The van der Waals surface area contributed by atoms with Gasteiger partial charge in [0.15, 0.2) is 0 Å². The molecule has 24 heavy (non-hydrogen) atoms. The van der Waals surface area contributed by atoms with Gasteiger partial charge in [-0.05, 0) is 18.2 Å². The van der Waals surface area contributed by atoms with Crippen LogP contribution < -0.4 is 0 Å². The number of nitro groups is 2. The summed E-state index contributed by atoms with van der Waals surface area (Å²) in [5, 5.41) is 22.3. The van der Waals surface area contributed by atoms with Gasteiger partial charge in [0.1, 0.15) is 5.69 Å². The first kappa shape index (κ1) is 15.2. The lowest BCUT2D eigenvalue weighted by atomic mass is 10.0. The molecule has 2 heterocycles. The van der Waals surface area contributed by atoms with E-state index in [-0.39, 0.29) is 17.1 Å². The summed E-state index contributed by atoms with van der Waals surface area (Å²) in [7, 11) is 0. The molecule has 0 aliphatic rings. The van der Waals surface area contributed by atoms with Crippen molar-refractivity contribution in [1.29, 1.82) is 0 Å². The lowest BCUT2D eigenvalue weighted by molar-refractivity contribution is -0.384. The molecular formula is C16H10N4O4. The van der Waals surface area contributed by atoms with Crippen molar-refractivity contribution < 1.29 is 9.85 Å². The molecule has 0 saturated carbocycles. The maximum absolute atomic E-state index is 11.2. The average Bonchev–Trinajstić information content (AvgIpc) is 2.61. The van der Waals surface area contributed by atoms with Gasteiger partial charge in [-0.3, -0.25) is 25.2 Å². The number of nitrogens with zero attached hydrogens (tertiary/aromatic N) is 4. The Morgan fingerprint density at radius 1 is 0.833 bits per heavy atom. The Kier molecular flexibility index (Phi) is 3.94. The molecule has 0 bridgehead atoms. The molecular weight excluding hydrogens is 312 g/mol. The van der Waals surface area contributed by atoms with Gasteiger partial charge in [-0.25, -0.2) is 4.98 Å². The first-order chi connectivity index (χ1) is 11.6. The van der Waals surface area contributed by atoms with Crippen LogP contribution in [-0.4, -0.2) is 19.8 Å². The van der Waals surface area contributed by atoms with Crippen LogP contribution in [0, 0.1) is 20.2 Å². The van der Waals surface area contributed by atoms with Crippen LogP contribution in [0.25, 0.3) is 22.4 Å². The normalized spacial score (nSPS) is 10.3. The van der Waals surface area contributed by atoms with Gasteiger partial charge in [0.2, 0.25) is 0 Å². The average molecular weight is 322 g/mol. The Labute approximate surface area is 135 Å². The molecule has 0 unspecified atom stereocenters. The van der Waals surface area contributed by atoms with Gasteiger partial charge >= 0.3 is 0 Å². The van der Waals surface area contributed by atoms with E-state index < -0.39 is 9.85 Å². The van der Waals surface area contributed by atoms with E-state index in [9.17, 15) is 20.2 Å². The number of rotatable bonds is 4. The van der Waals surface area contributed by atoms with E-state index >= 15 is 0 Å². The van der Waals surface area contributed by atoms with Crippen molar-refractivity contribution >= 4 is 11.4 Å². The molecule has 0 amide bonds. The van der Waals surface area contributed by atoms with Gasteiger partial charge in [-0.15, -0.1) is 0 Å². The molecule has 2 aromatic heterocycles. The summed E-state index contributed by atoms with van der Waals surface area (Å²) in [5.41, 5.74) is 1.23. The summed E-state index contributed by atoms with van der Waals surface area (Å²) in [5.74, 6) is 0. The highest BCUT2D eigenvalue weighted by molar-refractivity contribution is 5.78. The van der Waals surface area contributed by atoms with Crippen molar-refractivity contribution in [3.05, 3.63) is 81.3 Å². The maximum Gasteiger partial charge on any atom is 0.295 e. The van der Waals surface area contributed by atoms with Crippen molar-refractivity contribution in [2.45, 2.75) is 0 Å². The van der Waals surface area contributed by atoms with Crippen molar-refractivity contribution in [2.24, 2.45) is 0 Å². The molecule has 8 heteroatoms. The van der Waals surface area contributed by atoms with E-state index in [1.807, 2.05) is 0 Å². The third kappa shape index (κ3) is 2.80. The second kappa shape index (κ2) is 6.21. The van der Waals surface area contributed by atoms with Crippen LogP contribution in [0.4, 0.5) is 11.4 Å². The summed E-state index contributed by atoms with van der Waals surface area (Å²) in [6.45, 7) is 0. The number of aromatic nitrogens is 2. The van der Waals surface area contributed by atoms with E-state index in [1.54, 1.807) is 24.3 Å². The number of nitro benzene ring substituents is 1. The van der Waals surface area contributed by atoms with Gasteiger partial charge < -0.3 is 0 Å². The highest BCUT2D eigenvalue weighted by Gasteiger charge is 2.19. The quantitative estimate of drug-likeness (QED) is 0.535. The largest absolute Gasteiger partial charge is 0.295 e. The molecule has 3 aromatic rings. The molecule has 0 radical (unpaired) electrons. The highest BCUT2D eigenvalue weighted by atomic mass is 16.6. The standard InChI is InChI=1S/C16H10N4O4/c21-19(22)14-5-2-1-4-13(14)11-8-12(10-17-9-11)16-15(20(23)24)6-3-7-18-16/h1-10H. The Hall–Kier alpha value is -3.68. The fourth-order valence-corrected chi connectivity index (χ4v) is 2.36. The molecule has 0 N–H and O–H groups in total. The molecule has 0 spiro atoms. The van der Waals surface area contributed by atoms with Crippen LogP contribution in [0.2, 0.25) is 0 Å². The van der Waals surface area contributed by atoms with Crippen molar-refractivity contribution in [3.63, 3.8) is 0 Å². The second-order valence-electron chi connectivity index (χ2n) is 4.86. The third-order valence-electron chi connectivity index (χ3n) is 3.41. The zero-order valence-electron chi connectivity index (χ0n) is 12.2. The Balaban J connectivity index is 2.16.